The van der Waals surface area contributed by atoms with Crippen LogP contribution >= 0.6 is 0 Å². The minimum atomic E-state index is -1.11. The van der Waals surface area contributed by atoms with E-state index >= 15 is 0 Å². The Morgan fingerprint density at radius 1 is 1.24 bits per heavy atom. The fraction of sp³-hybridized carbons (Fsp3) is 0.333. The molecule has 2 atom stereocenters. The number of nitrogens with zero attached hydrogens (tertiary/aromatic N) is 3. The molecule has 0 radical (unpaired) electrons. The maximum Gasteiger partial charge on any atom is 0.291 e. The van der Waals surface area contributed by atoms with E-state index in [4.69, 9.17) is 4.42 Å². The molecule has 1 amide bonds. The zero-order valence-electron chi connectivity index (χ0n) is 14.1. The lowest BCUT2D eigenvalue weighted by molar-refractivity contribution is -0.140. The van der Waals surface area contributed by atoms with Gasteiger partial charge in [-0.1, -0.05) is 0 Å². The van der Waals surface area contributed by atoms with Gasteiger partial charge in [-0.25, -0.2) is 0 Å². The molecule has 0 aliphatic carbocycles. The summed E-state index contributed by atoms with van der Waals surface area (Å²) < 4.78 is 5.16. The number of carbonyl (C=O) groups is 3. The van der Waals surface area contributed by atoms with Crippen molar-refractivity contribution in [2.24, 2.45) is 5.92 Å². The molecule has 0 saturated carbocycles. The Bertz CT molecular complexity index is 771. The van der Waals surface area contributed by atoms with Crippen LogP contribution in [0.4, 0.5) is 0 Å². The summed E-state index contributed by atoms with van der Waals surface area (Å²) in [6.07, 6.45) is 4.54. The van der Waals surface area contributed by atoms with Crippen molar-refractivity contribution in [2.75, 3.05) is 27.2 Å². The van der Waals surface area contributed by atoms with Gasteiger partial charge >= 0.3 is 0 Å². The topological polar surface area (TPSA) is 83.7 Å². The van der Waals surface area contributed by atoms with Crippen molar-refractivity contribution in [2.45, 2.75) is 6.04 Å². The summed E-state index contributed by atoms with van der Waals surface area (Å²) in [6, 6.07) is 5.88. The lowest BCUT2D eigenvalue weighted by Crippen LogP contribution is -2.36. The second kappa shape index (κ2) is 6.98. The molecule has 7 heteroatoms. The largest absolute Gasteiger partial charge is 0.461 e. The molecule has 2 aromatic rings. The van der Waals surface area contributed by atoms with Gasteiger partial charge in [0.1, 0.15) is 5.92 Å². The van der Waals surface area contributed by atoms with Crippen LogP contribution in [-0.2, 0) is 9.59 Å². The van der Waals surface area contributed by atoms with Gasteiger partial charge in [-0.2, -0.15) is 0 Å². The van der Waals surface area contributed by atoms with Crippen LogP contribution in [0.3, 0.4) is 0 Å². The van der Waals surface area contributed by atoms with Gasteiger partial charge < -0.3 is 14.2 Å². The quantitative estimate of drug-likeness (QED) is 0.446. The van der Waals surface area contributed by atoms with E-state index in [1.54, 1.807) is 30.6 Å². The van der Waals surface area contributed by atoms with Crippen molar-refractivity contribution in [3.05, 3.63) is 54.2 Å². The van der Waals surface area contributed by atoms with Crippen molar-refractivity contribution < 1.29 is 18.8 Å². The SMILES string of the molecule is CN(C)CCN1C(=O)C(=O)C(C(=O)c2ccco2)C1c1ccncc1. The van der Waals surface area contributed by atoms with Crippen LogP contribution in [0.1, 0.15) is 22.2 Å². The Morgan fingerprint density at radius 2 is 1.96 bits per heavy atom. The van der Waals surface area contributed by atoms with E-state index in [0.717, 1.165) is 0 Å². The third-order valence-electron chi connectivity index (χ3n) is 4.29. The summed E-state index contributed by atoms with van der Waals surface area (Å²) >= 11 is 0. The van der Waals surface area contributed by atoms with Gasteiger partial charge in [0.2, 0.25) is 11.6 Å². The number of likely N-dealkylation sites (N-methyl/N-ethyl adjacent to an activating group) is 1. The first-order valence-electron chi connectivity index (χ1n) is 7.98. The number of likely N-dealkylation sites (tertiary alicyclic amines) is 1. The summed E-state index contributed by atoms with van der Waals surface area (Å²) in [5.74, 6) is -2.82. The number of amides is 1. The van der Waals surface area contributed by atoms with E-state index in [1.807, 2.05) is 19.0 Å². The molecule has 0 spiro atoms. The van der Waals surface area contributed by atoms with Gasteiger partial charge in [0, 0.05) is 25.5 Å². The molecule has 25 heavy (non-hydrogen) atoms. The summed E-state index contributed by atoms with van der Waals surface area (Å²) in [5, 5.41) is 0. The van der Waals surface area contributed by atoms with E-state index in [2.05, 4.69) is 4.98 Å². The first-order chi connectivity index (χ1) is 12.0. The molecule has 1 aliphatic heterocycles. The Balaban J connectivity index is 2.01. The van der Waals surface area contributed by atoms with Gasteiger partial charge in [-0.15, -0.1) is 0 Å². The van der Waals surface area contributed by atoms with Crippen molar-refractivity contribution in [1.29, 1.82) is 0 Å². The Hall–Kier alpha value is -2.80. The molecule has 7 nitrogen and oxygen atoms in total. The Labute approximate surface area is 145 Å². The minimum absolute atomic E-state index is 0.0830. The summed E-state index contributed by atoms with van der Waals surface area (Å²) in [4.78, 5) is 45.3. The molecule has 0 bridgehead atoms. The van der Waals surface area contributed by atoms with E-state index in [9.17, 15) is 14.4 Å². The molecule has 0 aromatic carbocycles. The van der Waals surface area contributed by atoms with Gasteiger partial charge in [0.25, 0.3) is 5.91 Å². The third-order valence-corrected chi connectivity index (χ3v) is 4.29. The highest BCUT2D eigenvalue weighted by Gasteiger charge is 2.52. The third kappa shape index (κ3) is 3.23. The molecule has 1 saturated heterocycles. The number of ketones is 2. The molecule has 2 unspecified atom stereocenters. The second-order valence-corrected chi connectivity index (χ2v) is 6.21. The predicted octanol–water partition coefficient (Wildman–Crippen LogP) is 1.19. The van der Waals surface area contributed by atoms with Gasteiger partial charge in [-0.05, 0) is 43.9 Å². The number of carbonyl (C=O) groups excluding carboxylic acids is 3. The Kier molecular flexibility index (Phi) is 4.76. The van der Waals surface area contributed by atoms with E-state index in [0.29, 0.717) is 18.7 Å². The molecule has 3 heterocycles. The maximum absolute atomic E-state index is 12.8. The minimum Gasteiger partial charge on any atom is -0.461 e. The van der Waals surface area contributed by atoms with Crippen LogP contribution < -0.4 is 0 Å². The van der Waals surface area contributed by atoms with Crippen molar-refractivity contribution in [3.8, 4) is 0 Å². The number of hydrogen-bond donors (Lipinski definition) is 0. The van der Waals surface area contributed by atoms with Crippen molar-refractivity contribution in [1.82, 2.24) is 14.8 Å². The van der Waals surface area contributed by atoms with Crippen molar-refractivity contribution >= 4 is 17.5 Å². The van der Waals surface area contributed by atoms with E-state index in [-0.39, 0.29) is 5.76 Å². The zero-order chi connectivity index (χ0) is 18.0. The second-order valence-electron chi connectivity index (χ2n) is 6.21. The summed E-state index contributed by atoms with van der Waals surface area (Å²) in [5.41, 5.74) is 0.706. The molecular formula is C18H19N3O4. The first-order valence-corrected chi connectivity index (χ1v) is 7.98. The zero-order valence-corrected chi connectivity index (χ0v) is 14.1. The van der Waals surface area contributed by atoms with E-state index < -0.39 is 29.4 Å². The van der Waals surface area contributed by atoms with Crippen LogP contribution in [0.2, 0.25) is 0 Å². The fourth-order valence-corrected chi connectivity index (χ4v) is 3.04. The Morgan fingerprint density at radius 3 is 2.56 bits per heavy atom. The highest BCUT2D eigenvalue weighted by atomic mass is 16.3. The standard InChI is InChI=1S/C18H19N3O4/c1-20(2)9-10-21-15(12-5-7-19-8-6-12)14(17(23)18(21)24)16(22)13-4-3-11-25-13/h3-8,11,14-15H,9-10H2,1-2H3. The predicted molar refractivity (Wildman–Crippen MR) is 88.8 cm³/mol. The molecule has 1 fully saturated rings. The molecule has 2 aromatic heterocycles. The number of rotatable bonds is 6. The van der Waals surface area contributed by atoms with Gasteiger partial charge in [0.15, 0.2) is 5.76 Å². The van der Waals surface area contributed by atoms with Crippen LogP contribution in [-0.4, -0.2) is 59.4 Å². The average Bonchev–Trinajstić information content (AvgIpc) is 3.22. The lowest BCUT2D eigenvalue weighted by atomic mass is 9.88. The average molecular weight is 341 g/mol. The van der Waals surface area contributed by atoms with Gasteiger partial charge in [0.05, 0.1) is 12.3 Å². The molecule has 3 rings (SSSR count). The highest BCUT2D eigenvalue weighted by molar-refractivity contribution is 6.43. The van der Waals surface area contributed by atoms with E-state index in [1.165, 1.54) is 17.2 Å². The molecule has 0 N–H and O–H groups in total. The van der Waals surface area contributed by atoms with Crippen LogP contribution in [0, 0.1) is 5.92 Å². The number of aromatic nitrogens is 1. The van der Waals surface area contributed by atoms with Crippen molar-refractivity contribution in [3.63, 3.8) is 0 Å². The molecule has 130 valence electrons. The highest BCUT2D eigenvalue weighted by Crippen LogP contribution is 2.37. The van der Waals surface area contributed by atoms with Crippen LogP contribution in [0.15, 0.2) is 47.3 Å². The number of hydrogen-bond acceptors (Lipinski definition) is 6. The summed E-state index contributed by atoms with van der Waals surface area (Å²) in [7, 11) is 3.77. The molecule has 1 aliphatic rings. The van der Waals surface area contributed by atoms with Gasteiger partial charge in [-0.3, -0.25) is 19.4 Å². The van der Waals surface area contributed by atoms with Crippen LogP contribution in [0.5, 0.6) is 0 Å². The lowest BCUT2D eigenvalue weighted by Gasteiger charge is -2.27. The monoisotopic (exact) mass is 341 g/mol. The summed E-state index contributed by atoms with van der Waals surface area (Å²) in [6.45, 7) is 0.939. The smallest absolute Gasteiger partial charge is 0.291 e. The number of furan rings is 1. The fourth-order valence-electron chi connectivity index (χ4n) is 3.04. The molecular weight excluding hydrogens is 322 g/mol. The number of pyridine rings is 1. The maximum atomic E-state index is 12.8. The first kappa shape index (κ1) is 17.0. The normalized spacial score (nSPS) is 20.5. The van der Waals surface area contributed by atoms with Crippen LogP contribution in [0.25, 0.3) is 0 Å². The number of Topliss-reactive ketones (excluding diaryl/α,β-unsaturated/α-hetero) is 2.